The zero-order chi connectivity index (χ0) is 21.8. The van der Waals surface area contributed by atoms with Gasteiger partial charge in [0.25, 0.3) is 0 Å². The summed E-state index contributed by atoms with van der Waals surface area (Å²) < 4.78 is 10.4. The SMILES string of the molecule is COc1ccc(C(CC(=O)N2C(=O)OCC2c2ccccc2)c2ccc(Cl)cc2)cn1. The third-order valence-electron chi connectivity index (χ3n) is 5.35. The summed E-state index contributed by atoms with van der Waals surface area (Å²) in [6, 6.07) is 19.9. The second-order valence-electron chi connectivity index (χ2n) is 7.21. The van der Waals surface area contributed by atoms with Crippen molar-refractivity contribution in [2.75, 3.05) is 13.7 Å². The molecule has 0 spiro atoms. The summed E-state index contributed by atoms with van der Waals surface area (Å²) in [6.45, 7) is 0.143. The van der Waals surface area contributed by atoms with E-state index >= 15 is 0 Å². The summed E-state index contributed by atoms with van der Waals surface area (Å²) in [4.78, 5) is 31.3. The molecule has 2 atom stereocenters. The van der Waals surface area contributed by atoms with E-state index in [1.807, 2.05) is 48.5 Å². The van der Waals surface area contributed by atoms with Gasteiger partial charge < -0.3 is 9.47 Å². The monoisotopic (exact) mass is 436 g/mol. The molecule has 4 rings (SSSR count). The summed E-state index contributed by atoms with van der Waals surface area (Å²) in [5, 5.41) is 0.606. The molecule has 0 saturated carbocycles. The fourth-order valence-electron chi connectivity index (χ4n) is 3.73. The number of nitrogens with zero attached hydrogens (tertiary/aromatic N) is 2. The first-order valence-electron chi connectivity index (χ1n) is 9.86. The lowest BCUT2D eigenvalue weighted by Gasteiger charge is -2.23. The molecule has 3 aromatic rings. The lowest BCUT2D eigenvalue weighted by molar-refractivity contribution is -0.129. The lowest BCUT2D eigenvalue weighted by atomic mass is 9.89. The van der Waals surface area contributed by atoms with Crippen molar-refractivity contribution in [1.29, 1.82) is 0 Å². The minimum Gasteiger partial charge on any atom is -0.481 e. The van der Waals surface area contributed by atoms with Gasteiger partial charge in [0.2, 0.25) is 11.8 Å². The zero-order valence-corrected chi connectivity index (χ0v) is 17.7. The molecule has 2 aromatic carbocycles. The molecule has 158 valence electrons. The van der Waals surface area contributed by atoms with Crippen LogP contribution < -0.4 is 4.74 Å². The Bertz CT molecular complexity index is 1060. The molecule has 0 bridgehead atoms. The molecule has 1 fully saturated rings. The third-order valence-corrected chi connectivity index (χ3v) is 5.60. The largest absolute Gasteiger partial charge is 0.481 e. The Kier molecular flexibility index (Phi) is 6.18. The molecule has 0 N–H and O–H groups in total. The van der Waals surface area contributed by atoms with Crippen LogP contribution in [0.5, 0.6) is 5.88 Å². The number of imide groups is 1. The number of cyclic esters (lactones) is 1. The van der Waals surface area contributed by atoms with Crippen LogP contribution in [0.1, 0.15) is 35.1 Å². The predicted molar refractivity (Wildman–Crippen MR) is 116 cm³/mol. The number of pyridine rings is 1. The molecular formula is C24H21ClN2O4. The van der Waals surface area contributed by atoms with Crippen molar-refractivity contribution in [1.82, 2.24) is 9.88 Å². The molecule has 0 radical (unpaired) electrons. The second-order valence-corrected chi connectivity index (χ2v) is 7.65. The van der Waals surface area contributed by atoms with Gasteiger partial charge in [0.05, 0.1) is 7.11 Å². The highest BCUT2D eigenvalue weighted by molar-refractivity contribution is 6.30. The Morgan fingerprint density at radius 3 is 2.48 bits per heavy atom. The predicted octanol–water partition coefficient (Wildman–Crippen LogP) is 4.99. The molecule has 1 aliphatic heterocycles. The molecule has 2 unspecified atom stereocenters. The van der Waals surface area contributed by atoms with Crippen LogP contribution in [0.3, 0.4) is 0 Å². The van der Waals surface area contributed by atoms with E-state index in [0.717, 1.165) is 16.7 Å². The van der Waals surface area contributed by atoms with Crippen molar-refractivity contribution in [3.63, 3.8) is 0 Å². The molecule has 2 amide bonds. The van der Waals surface area contributed by atoms with Gasteiger partial charge in [-0.05, 0) is 28.8 Å². The van der Waals surface area contributed by atoms with Crippen LogP contribution in [-0.4, -0.2) is 35.6 Å². The van der Waals surface area contributed by atoms with Crippen LogP contribution >= 0.6 is 11.6 Å². The smallest absolute Gasteiger partial charge is 0.417 e. The minimum absolute atomic E-state index is 0.0775. The van der Waals surface area contributed by atoms with Crippen LogP contribution in [0.25, 0.3) is 0 Å². The van der Waals surface area contributed by atoms with E-state index in [-0.39, 0.29) is 24.9 Å². The van der Waals surface area contributed by atoms with E-state index in [4.69, 9.17) is 21.1 Å². The molecule has 6 nitrogen and oxygen atoms in total. The van der Waals surface area contributed by atoms with Gasteiger partial charge in [0, 0.05) is 29.6 Å². The number of halogens is 1. The number of benzene rings is 2. The Morgan fingerprint density at radius 2 is 1.84 bits per heavy atom. The summed E-state index contributed by atoms with van der Waals surface area (Å²) in [6.07, 6.45) is 1.14. The normalized spacial score (nSPS) is 16.6. The number of methoxy groups -OCH3 is 1. The zero-order valence-electron chi connectivity index (χ0n) is 16.9. The quantitative estimate of drug-likeness (QED) is 0.544. The van der Waals surface area contributed by atoms with E-state index in [1.54, 1.807) is 31.5 Å². The first-order chi connectivity index (χ1) is 15.1. The van der Waals surface area contributed by atoms with Gasteiger partial charge >= 0.3 is 6.09 Å². The van der Waals surface area contributed by atoms with Gasteiger partial charge in [-0.15, -0.1) is 0 Å². The fraction of sp³-hybridized carbons (Fsp3) is 0.208. The van der Waals surface area contributed by atoms with Crippen molar-refractivity contribution in [3.8, 4) is 5.88 Å². The van der Waals surface area contributed by atoms with Crippen molar-refractivity contribution >= 4 is 23.6 Å². The van der Waals surface area contributed by atoms with Crippen LogP contribution in [0, 0.1) is 0 Å². The Labute approximate surface area is 185 Å². The van der Waals surface area contributed by atoms with Crippen LogP contribution in [0.15, 0.2) is 72.9 Å². The Morgan fingerprint density at radius 1 is 1.13 bits per heavy atom. The average Bonchev–Trinajstić information content (AvgIpc) is 3.20. The Balaban J connectivity index is 1.64. The van der Waals surface area contributed by atoms with E-state index in [0.29, 0.717) is 10.9 Å². The molecule has 0 aliphatic carbocycles. The van der Waals surface area contributed by atoms with E-state index in [1.165, 1.54) is 4.90 Å². The van der Waals surface area contributed by atoms with Crippen molar-refractivity contribution in [2.24, 2.45) is 0 Å². The molecule has 2 heterocycles. The van der Waals surface area contributed by atoms with E-state index in [2.05, 4.69) is 4.98 Å². The van der Waals surface area contributed by atoms with E-state index < -0.39 is 12.1 Å². The van der Waals surface area contributed by atoms with Crippen LogP contribution in [0.4, 0.5) is 4.79 Å². The molecular weight excluding hydrogens is 416 g/mol. The van der Waals surface area contributed by atoms with E-state index in [9.17, 15) is 9.59 Å². The Hall–Kier alpha value is -3.38. The number of rotatable bonds is 6. The summed E-state index contributed by atoms with van der Waals surface area (Å²) in [5.74, 6) is -0.141. The maximum Gasteiger partial charge on any atom is 0.417 e. The first-order valence-corrected chi connectivity index (χ1v) is 10.2. The summed E-state index contributed by atoms with van der Waals surface area (Å²) in [5.41, 5.74) is 2.59. The minimum atomic E-state index is -0.624. The standard InChI is InChI=1S/C24H21ClN2O4/c1-30-22-12-9-18(14-26-22)20(16-7-10-19(25)11-8-16)13-23(28)27-21(15-31-24(27)29)17-5-3-2-4-6-17/h2-12,14,20-21H,13,15H2,1H3. The number of aromatic nitrogens is 1. The molecule has 1 saturated heterocycles. The number of hydrogen-bond acceptors (Lipinski definition) is 5. The third kappa shape index (κ3) is 4.54. The van der Waals surface area contributed by atoms with Crippen molar-refractivity contribution in [2.45, 2.75) is 18.4 Å². The van der Waals surface area contributed by atoms with Gasteiger partial charge in [-0.3, -0.25) is 4.79 Å². The van der Waals surface area contributed by atoms with Gasteiger partial charge in [-0.25, -0.2) is 14.7 Å². The number of carbonyl (C=O) groups excluding carboxylic acids is 2. The summed E-state index contributed by atoms with van der Waals surface area (Å²) >= 11 is 6.05. The fourth-order valence-corrected chi connectivity index (χ4v) is 3.86. The molecule has 7 heteroatoms. The number of carbonyl (C=O) groups is 2. The van der Waals surface area contributed by atoms with Crippen LogP contribution in [0.2, 0.25) is 5.02 Å². The van der Waals surface area contributed by atoms with Crippen LogP contribution in [-0.2, 0) is 9.53 Å². The van der Waals surface area contributed by atoms with Gasteiger partial charge in [0.1, 0.15) is 12.6 Å². The second kappa shape index (κ2) is 9.18. The molecule has 31 heavy (non-hydrogen) atoms. The molecule has 1 aromatic heterocycles. The lowest BCUT2D eigenvalue weighted by Crippen LogP contribution is -2.35. The topological polar surface area (TPSA) is 68.7 Å². The number of amides is 2. The number of ether oxygens (including phenoxy) is 2. The van der Waals surface area contributed by atoms with Gasteiger partial charge in [-0.2, -0.15) is 0 Å². The number of hydrogen-bond donors (Lipinski definition) is 0. The van der Waals surface area contributed by atoms with Crippen molar-refractivity contribution < 1.29 is 19.1 Å². The van der Waals surface area contributed by atoms with Gasteiger partial charge in [0.15, 0.2) is 0 Å². The average molecular weight is 437 g/mol. The summed E-state index contributed by atoms with van der Waals surface area (Å²) in [7, 11) is 1.55. The highest BCUT2D eigenvalue weighted by Crippen LogP contribution is 2.34. The van der Waals surface area contributed by atoms with Crippen molar-refractivity contribution in [3.05, 3.63) is 94.6 Å². The van der Waals surface area contributed by atoms with Gasteiger partial charge in [-0.1, -0.05) is 60.1 Å². The molecule has 1 aliphatic rings. The first kappa shape index (κ1) is 20.9. The maximum absolute atomic E-state index is 13.3. The maximum atomic E-state index is 13.3. The highest BCUT2D eigenvalue weighted by Gasteiger charge is 2.39. The highest BCUT2D eigenvalue weighted by atomic mass is 35.5.